The minimum absolute atomic E-state index is 0.0546. The van der Waals surface area contributed by atoms with Crippen LogP contribution in [0.1, 0.15) is 30.1 Å². The fraction of sp³-hybridized carbons (Fsp3) is 0.471. The molecule has 0 bridgehead atoms. The average Bonchev–Trinajstić information content (AvgIpc) is 3.11. The number of piperidine rings is 1. The van der Waals surface area contributed by atoms with Crippen LogP contribution in [0.3, 0.4) is 0 Å². The fourth-order valence-electron chi connectivity index (χ4n) is 3.58. The van der Waals surface area contributed by atoms with E-state index in [9.17, 15) is 24.6 Å². The van der Waals surface area contributed by atoms with Gasteiger partial charge in [0.1, 0.15) is 16.6 Å². The van der Waals surface area contributed by atoms with Crippen LogP contribution in [0.5, 0.6) is 5.75 Å². The number of fused-ring (bicyclic) bond motifs is 1. The van der Waals surface area contributed by atoms with Gasteiger partial charge in [-0.15, -0.1) is 0 Å². The van der Waals surface area contributed by atoms with Crippen molar-refractivity contribution in [2.45, 2.75) is 19.8 Å². The Morgan fingerprint density at radius 1 is 1.20 bits per heavy atom. The number of ether oxygens (including phenoxy) is 1. The third-order valence-corrected chi connectivity index (χ3v) is 5.36. The van der Waals surface area contributed by atoms with E-state index in [2.05, 4.69) is 0 Å². The van der Waals surface area contributed by atoms with Crippen molar-refractivity contribution in [3.63, 3.8) is 0 Å². The highest BCUT2D eigenvalue weighted by atomic mass is 35.5. The fourth-order valence-corrected chi connectivity index (χ4v) is 3.81. The molecule has 0 unspecified atom stereocenters. The van der Waals surface area contributed by atoms with Crippen LogP contribution in [0.4, 0.5) is 0 Å². The molecule has 1 aliphatic carbocycles. The van der Waals surface area contributed by atoms with Crippen LogP contribution in [-0.2, 0) is 9.59 Å². The molecule has 2 atom stereocenters. The molecule has 25 heavy (non-hydrogen) atoms. The Balaban J connectivity index is 1.80. The van der Waals surface area contributed by atoms with Crippen molar-refractivity contribution in [1.82, 2.24) is 4.90 Å². The largest absolute Gasteiger partial charge is 0.492 e. The number of aliphatic carboxylic acids is 2. The molecular formula is C17H18ClNO6. The van der Waals surface area contributed by atoms with Gasteiger partial charge in [-0.3, -0.25) is 14.4 Å². The highest BCUT2D eigenvalue weighted by Gasteiger charge is 2.81. The summed E-state index contributed by atoms with van der Waals surface area (Å²) in [6.45, 7) is 2.24. The summed E-state index contributed by atoms with van der Waals surface area (Å²) in [5.74, 6) is -2.32. The first-order chi connectivity index (χ1) is 11.8. The second-order valence-electron chi connectivity index (χ2n) is 6.61. The van der Waals surface area contributed by atoms with Crippen molar-refractivity contribution >= 4 is 29.4 Å². The summed E-state index contributed by atoms with van der Waals surface area (Å²) >= 11 is 6.13. The van der Waals surface area contributed by atoms with Crippen LogP contribution >= 0.6 is 11.6 Å². The monoisotopic (exact) mass is 367 g/mol. The Bertz CT molecular complexity index is 738. The predicted molar refractivity (Wildman–Crippen MR) is 87.9 cm³/mol. The van der Waals surface area contributed by atoms with Gasteiger partial charge in [-0.05, 0) is 31.0 Å². The number of carbonyl (C=O) groups is 3. The van der Waals surface area contributed by atoms with Crippen LogP contribution in [0.15, 0.2) is 18.2 Å². The van der Waals surface area contributed by atoms with E-state index in [1.807, 2.05) is 6.92 Å². The molecule has 1 aromatic carbocycles. The maximum absolute atomic E-state index is 12.7. The SMILES string of the molecule is CCCOc1ccc(C(=O)N2C[C@@]3(C(=O)O)C[C@@]3(C(=O)O)C2)cc1Cl. The minimum atomic E-state index is -1.39. The summed E-state index contributed by atoms with van der Waals surface area (Å²) in [5, 5.41) is 19.1. The quantitative estimate of drug-likeness (QED) is 0.798. The number of carboxylic acids is 2. The maximum Gasteiger partial charge on any atom is 0.312 e. The lowest BCUT2D eigenvalue weighted by atomic mass is 9.97. The summed E-state index contributed by atoms with van der Waals surface area (Å²) in [4.78, 5) is 37.0. The molecule has 2 N–H and O–H groups in total. The van der Waals surface area contributed by atoms with Gasteiger partial charge in [-0.25, -0.2) is 0 Å². The molecule has 1 aromatic rings. The van der Waals surface area contributed by atoms with Crippen molar-refractivity contribution in [3.8, 4) is 5.75 Å². The summed E-state index contributed by atoms with van der Waals surface area (Å²) in [7, 11) is 0. The topological polar surface area (TPSA) is 104 Å². The van der Waals surface area contributed by atoms with Crippen molar-refractivity contribution < 1.29 is 29.3 Å². The number of carboxylic acid groups (broad SMARTS) is 2. The zero-order valence-corrected chi connectivity index (χ0v) is 14.4. The van der Waals surface area contributed by atoms with Gasteiger partial charge in [0.05, 0.1) is 11.6 Å². The molecule has 1 heterocycles. The maximum atomic E-state index is 12.7. The number of nitrogens with zero attached hydrogens (tertiary/aromatic N) is 1. The van der Waals surface area contributed by atoms with Crippen molar-refractivity contribution in [3.05, 3.63) is 28.8 Å². The van der Waals surface area contributed by atoms with Gasteiger partial charge < -0.3 is 19.8 Å². The number of rotatable bonds is 6. The number of hydrogen-bond donors (Lipinski definition) is 2. The normalized spacial score (nSPS) is 26.9. The predicted octanol–water partition coefficient (Wildman–Crippen LogP) is 2.13. The van der Waals surface area contributed by atoms with E-state index in [4.69, 9.17) is 16.3 Å². The van der Waals surface area contributed by atoms with E-state index >= 15 is 0 Å². The molecule has 134 valence electrons. The van der Waals surface area contributed by atoms with Crippen molar-refractivity contribution in [1.29, 1.82) is 0 Å². The number of amides is 1. The van der Waals surface area contributed by atoms with Crippen LogP contribution < -0.4 is 4.74 Å². The van der Waals surface area contributed by atoms with E-state index in [1.165, 1.54) is 11.0 Å². The minimum Gasteiger partial charge on any atom is -0.492 e. The lowest BCUT2D eigenvalue weighted by Crippen LogP contribution is -2.34. The molecule has 2 fully saturated rings. The van der Waals surface area contributed by atoms with Gasteiger partial charge in [0.2, 0.25) is 0 Å². The third kappa shape index (κ3) is 2.54. The molecule has 0 spiro atoms. The molecule has 0 radical (unpaired) electrons. The third-order valence-electron chi connectivity index (χ3n) is 5.06. The van der Waals surface area contributed by atoms with Gasteiger partial charge in [-0.2, -0.15) is 0 Å². The van der Waals surface area contributed by atoms with Gasteiger partial charge in [0, 0.05) is 18.7 Å². The first-order valence-corrected chi connectivity index (χ1v) is 8.33. The van der Waals surface area contributed by atoms with E-state index in [0.717, 1.165) is 6.42 Å². The second-order valence-corrected chi connectivity index (χ2v) is 7.01. The summed E-state index contributed by atoms with van der Waals surface area (Å²) in [6, 6.07) is 4.59. The van der Waals surface area contributed by atoms with Gasteiger partial charge in [0.15, 0.2) is 0 Å². The highest BCUT2D eigenvalue weighted by molar-refractivity contribution is 6.32. The van der Waals surface area contributed by atoms with E-state index in [1.54, 1.807) is 12.1 Å². The molecule has 8 heteroatoms. The first-order valence-electron chi connectivity index (χ1n) is 7.96. The molecule has 2 aliphatic rings. The molecule has 0 aromatic heterocycles. The Labute approximate surface area is 149 Å². The zero-order valence-electron chi connectivity index (χ0n) is 13.6. The van der Waals surface area contributed by atoms with Gasteiger partial charge >= 0.3 is 11.9 Å². The van der Waals surface area contributed by atoms with Crippen molar-refractivity contribution in [2.75, 3.05) is 19.7 Å². The van der Waals surface area contributed by atoms with Crippen molar-refractivity contribution in [2.24, 2.45) is 10.8 Å². The van der Waals surface area contributed by atoms with E-state index in [-0.39, 0.29) is 30.1 Å². The van der Waals surface area contributed by atoms with Crippen LogP contribution in [0.25, 0.3) is 0 Å². The Morgan fingerprint density at radius 2 is 1.80 bits per heavy atom. The number of carbonyl (C=O) groups excluding carboxylic acids is 1. The molecule has 3 rings (SSSR count). The van der Waals surface area contributed by atoms with Crippen LogP contribution in [-0.4, -0.2) is 52.7 Å². The summed E-state index contributed by atoms with van der Waals surface area (Å²) < 4.78 is 5.45. The van der Waals surface area contributed by atoms with E-state index < -0.39 is 28.7 Å². The zero-order chi connectivity index (χ0) is 18.4. The number of hydrogen-bond acceptors (Lipinski definition) is 4. The Morgan fingerprint density at radius 3 is 2.28 bits per heavy atom. The molecule has 1 saturated carbocycles. The van der Waals surface area contributed by atoms with E-state index in [0.29, 0.717) is 12.4 Å². The highest BCUT2D eigenvalue weighted by Crippen LogP contribution is 2.68. The smallest absolute Gasteiger partial charge is 0.312 e. The van der Waals surface area contributed by atoms with Crippen LogP contribution in [0.2, 0.25) is 5.02 Å². The molecule has 7 nitrogen and oxygen atoms in total. The molecule has 1 saturated heterocycles. The Kier molecular flexibility index (Phi) is 4.15. The number of benzene rings is 1. The summed E-state index contributed by atoms with van der Waals surface area (Å²) in [6.07, 6.45) is 0.873. The van der Waals surface area contributed by atoms with Gasteiger partial charge in [0.25, 0.3) is 5.91 Å². The molecule has 1 aliphatic heterocycles. The molecule has 1 amide bonds. The first kappa shape index (κ1) is 17.5. The lowest BCUT2D eigenvalue weighted by molar-refractivity contribution is -0.151. The average molecular weight is 368 g/mol. The lowest BCUT2D eigenvalue weighted by Gasteiger charge is -2.20. The number of halogens is 1. The Hall–Kier alpha value is -2.28. The van der Waals surface area contributed by atoms with Crippen LogP contribution in [0, 0.1) is 10.8 Å². The second kappa shape index (κ2) is 5.91. The summed E-state index contributed by atoms with van der Waals surface area (Å²) in [5.41, 5.74) is -2.50. The van der Waals surface area contributed by atoms with Gasteiger partial charge in [-0.1, -0.05) is 18.5 Å². The molecular weight excluding hydrogens is 350 g/mol. The standard InChI is InChI=1S/C17H18ClNO6/c1-2-5-25-12-4-3-10(6-11(12)18)13(20)19-8-16(14(21)22)7-17(16,9-19)15(23)24/h3-4,6H,2,5,7-9H2,1H3,(H,21,22)(H,23,24)/t16-,17+. The number of likely N-dealkylation sites (tertiary alicyclic amines) is 1.